The van der Waals surface area contributed by atoms with Crippen LogP contribution in [0.2, 0.25) is 0 Å². The Hall–Kier alpha value is -1.46. The molecule has 0 unspecified atom stereocenters. The van der Waals surface area contributed by atoms with Crippen molar-refractivity contribution in [1.29, 1.82) is 0 Å². The van der Waals surface area contributed by atoms with Crippen LogP contribution in [0, 0.1) is 11.2 Å². The van der Waals surface area contributed by atoms with Crippen molar-refractivity contribution >= 4 is 5.91 Å². The number of hydrogen-bond acceptors (Lipinski definition) is 3. The molecule has 1 aromatic rings. The lowest BCUT2D eigenvalue weighted by Crippen LogP contribution is -2.50. The predicted molar refractivity (Wildman–Crippen MR) is 76.6 cm³/mol. The first kappa shape index (κ1) is 14.5. The highest BCUT2D eigenvalue weighted by Gasteiger charge is 2.40. The van der Waals surface area contributed by atoms with Crippen molar-refractivity contribution < 1.29 is 14.4 Å². The highest BCUT2D eigenvalue weighted by Crippen LogP contribution is 2.44. The number of benzene rings is 1. The van der Waals surface area contributed by atoms with Gasteiger partial charge in [-0.3, -0.25) is 14.9 Å². The fourth-order valence-electron chi connectivity index (χ4n) is 3.62. The molecule has 1 fully saturated rings. The van der Waals surface area contributed by atoms with Crippen LogP contribution in [0.15, 0.2) is 12.1 Å². The van der Waals surface area contributed by atoms with Gasteiger partial charge in [-0.1, -0.05) is 13.8 Å². The van der Waals surface area contributed by atoms with Gasteiger partial charge in [0, 0.05) is 30.3 Å². The molecule has 1 aromatic carbocycles. The number of carbonyl (C=O) groups excluding carboxylic acids is 1. The first-order chi connectivity index (χ1) is 9.89. The van der Waals surface area contributed by atoms with Crippen molar-refractivity contribution in [2.45, 2.75) is 45.7 Å². The smallest absolute Gasteiger partial charge is 0.274 e. The van der Waals surface area contributed by atoms with E-state index in [0.717, 1.165) is 31.4 Å². The van der Waals surface area contributed by atoms with Crippen LogP contribution in [-0.4, -0.2) is 28.6 Å². The number of fused-ring (bicyclic) bond motifs is 1. The number of nitrogens with zero attached hydrogens (tertiary/aromatic N) is 1. The van der Waals surface area contributed by atoms with Gasteiger partial charge in [0.05, 0.1) is 0 Å². The third-order valence-corrected chi connectivity index (χ3v) is 4.77. The van der Waals surface area contributed by atoms with Gasteiger partial charge in [-0.05, 0) is 42.4 Å². The first-order valence-corrected chi connectivity index (χ1v) is 7.39. The Morgan fingerprint density at radius 3 is 2.76 bits per heavy atom. The van der Waals surface area contributed by atoms with E-state index in [9.17, 15) is 9.18 Å². The Kier molecular flexibility index (Phi) is 3.50. The second kappa shape index (κ2) is 5.07. The molecule has 0 saturated heterocycles. The molecule has 1 aliphatic heterocycles. The SMILES string of the molecule is CC1(C)CC(N2CCc3cc(C(=O)NO)cc(F)c3C2)C1. The maximum Gasteiger partial charge on any atom is 0.274 e. The Morgan fingerprint density at radius 2 is 2.14 bits per heavy atom. The van der Waals surface area contributed by atoms with E-state index in [0.29, 0.717) is 23.6 Å². The molecular formula is C16H21FN2O2. The molecule has 3 rings (SSSR count). The van der Waals surface area contributed by atoms with Gasteiger partial charge < -0.3 is 0 Å². The Labute approximate surface area is 123 Å². The number of halogens is 1. The topological polar surface area (TPSA) is 52.6 Å². The molecular weight excluding hydrogens is 271 g/mol. The lowest BCUT2D eigenvalue weighted by Gasteiger charge is -2.49. The third kappa shape index (κ3) is 2.68. The first-order valence-electron chi connectivity index (χ1n) is 7.39. The zero-order valence-electron chi connectivity index (χ0n) is 12.4. The standard InChI is InChI=1S/C16H21FN2O2/c1-16(2)7-12(8-16)19-4-3-10-5-11(15(20)18-21)6-14(17)13(10)9-19/h5-6,12,21H,3-4,7-9H2,1-2H3,(H,18,20). The number of amides is 1. The van der Waals surface area contributed by atoms with E-state index in [2.05, 4.69) is 18.7 Å². The molecule has 4 nitrogen and oxygen atoms in total. The molecule has 114 valence electrons. The van der Waals surface area contributed by atoms with Gasteiger partial charge in [-0.2, -0.15) is 0 Å². The Bertz CT molecular complexity index is 578. The van der Waals surface area contributed by atoms with Gasteiger partial charge in [-0.15, -0.1) is 0 Å². The molecule has 0 atom stereocenters. The van der Waals surface area contributed by atoms with E-state index in [1.807, 2.05) is 0 Å². The molecule has 1 heterocycles. The summed E-state index contributed by atoms with van der Waals surface area (Å²) in [4.78, 5) is 13.8. The van der Waals surface area contributed by atoms with Gasteiger partial charge in [0.25, 0.3) is 5.91 Å². The van der Waals surface area contributed by atoms with Crippen LogP contribution in [0.25, 0.3) is 0 Å². The van der Waals surface area contributed by atoms with Crippen LogP contribution in [0.1, 0.15) is 48.2 Å². The molecule has 1 saturated carbocycles. The summed E-state index contributed by atoms with van der Waals surface area (Å²) in [5.74, 6) is -1.02. The van der Waals surface area contributed by atoms with Gasteiger partial charge in [0.15, 0.2) is 0 Å². The van der Waals surface area contributed by atoms with Crippen molar-refractivity contribution in [2.24, 2.45) is 5.41 Å². The molecule has 5 heteroatoms. The van der Waals surface area contributed by atoms with E-state index >= 15 is 0 Å². The maximum atomic E-state index is 14.3. The number of rotatable bonds is 2. The van der Waals surface area contributed by atoms with Crippen LogP contribution in [0.5, 0.6) is 0 Å². The molecule has 1 amide bonds. The lowest BCUT2D eigenvalue weighted by atomic mass is 9.67. The van der Waals surface area contributed by atoms with Gasteiger partial charge in [0.1, 0.15) is 5.82 Å². The van der Waals surface area contributed by atoms with E-state index in [1.165, 1.54) is 6.07 Å². The fraction of sp³-hybridized carbons (Fsp3) is 0.562. The highest BCUT2D eigenvalue weighted by atomic mass is 19.1. The summed E-state index contributed by atoms with van der Waals surface area (Å²) in [7, 11) is 0. The maximum absolute atomic E-state index is 14.3. The Balaban J connectivity index is 1.79. The molecule has 1 aliphatic carbocycles. The minimum absolute atomic E-state index is 0.173. The van der Waals surface area contributed by atoms with Crippen LogP contribution in [0.3, 0.4) is 0 Å². The second-order valence-electron chi connectivity index (χ2n) is 6.98. The zero-order chi connectivity index (χ0) is 15.2. The number of nitrogens with one attached hydrogen (secondary N) is 1. The van der Waals surface area contributed by atoms with Gasteiger partial charge in [-0.25, -0.2) is 9.87 Å². The average Bonchev–Trinajstić information content (AvgIpc) is 2.43. The minimum Gasteiger partial charge on any atom is -0.296 e. The summed E-state index contributed by atoms with van der Waals surface area (Å²) >= 11 is 0. The largest absolute Gasteiger partial charge is 0.296 e. The lowest BCUT2D eigenvalue weighted by molar-refractivity contribution is 0.0168. The second-order valence-corrected chi connectivity index (χ2v) is 6.98. The van der Waals surface area contributed by atoms with Crippen LogP contribution in [-0.2, 0) is 13.0 Å². The molecule has 0 aromatic heterocycles. The summed E-state index contributed by atoms with van der Waals surface area (Å²) in [6.45, 7) is 6.05. The summed E-state index contributed by atoms with van der Waals surface area (Å²) in [5, 5.41) is 8.66. The molecule has 0 bridgehead atoms. The number of hydroxylamine groups is 1. The van der Waals surface area contributed by atoms with E-state index in [4.69, 9.17) is 5.21 Å². The van der Waals surface area contributed by atoms with Crippen LogP contribution < -0.4 is 5.48 Å². The number of hydrogen-bond donors (Lipinski definition) is 2. The van der Waals surface area contributed by atoms with Crippen molar-refractivity contribution in [3.8, 4) is 0 Å². The average molecular weight is 292 g/mol. The summed E-state index contributed by atoms with van der Waals surface area (Å²) < 4.78 is 14.3. The van der Waals surface area contributed by atoms with E-state index < -0.39 is 5.91 Å². The van der Waals surface area contributed by atoms with Gasteiger partial charge in [0.2, 0.25) is 0 Å². The van der Waals surface area contributed by atoms with Crippen LogP contribution in [0.4, 0.5) is 4.39 Å². The van der Waals surface area contributed by atoms with Crippen molar-refractivity contribution in [3.63, 3.8) is 0 Å². The van der Waals surface area contributed by atoms with Crippen molar-refractivity contribution in [1.82, 2.24) is 10.4 Å². The monoisotopic (exact) mass is 292 g/mol. The minimum atomic E-state index is -0.667. The summed E-state index contributed by atoms with van der Waals surface area (Å²) in [6, 6.07) is 3.44. The predicted octanol–water partition coefficient (Wildman–Crippen LogP) is 2.49. The van der Waals surface area contributed by atoms with Crippen molar-refractivity contribution in [3.05, 3.63) is 34.6 Å². The van der Waals surface area contributed by atoms with Crippen LogP contribution >= 0.6 is 0 Å². The van der Waals surface area contributed by atoms with E-state index in [1.54, 1.807) is 11.5 Å². The molecule has 2 aliphatic rings. The molecule has 0 spiro atoms. The molecule has 2 N–H and O–H groups in total. The molecule has 0 radical (unpaired) electrons. The van der Waals surface area contributed by atoms with E-state index in [-0.39, 0.29) is 11.4 Å². The quantitative estimate of drug-likeness (QED) is 0.650. The Morgan fingerprint density at radius 1 is 1.43 bits per heavy atom. The van der Waals surface area contributed by atoms with Gasteiger partial charge >= 0.3 is 0 Å². The molecule has 21 heavy (non-hydrogen) atoms. The van der Waals surface area contributed by atoms with Crippen molar-refractivity contribution in [2.75, 3.05) is 6.54 Å². The third-order valence-electron chi connectivity index (χ3n) is 4.77. The summed E-state index contributed by atoms with van der Waals surface area (Å²) in [5.41, 5.74) is 3.71. The normalized spacial score (nSPS) is 21.5. The number of carbonyl (C=O) groups is 1. The fourth-order valence-corrected chi connectivity index (χ4v) is 3.62. The highest BCUT2D eigenvalue weighted by molar-refractivity contribution is 5.93. The summed E-state index contributed by atoms with van der Waals surface area (Å²) in [6.07, 6.45) is 3.07. The zero-order valence-corrected chi connectivity index (χ0v) is 12.4.